The summed E-state index contributed by atoms with van der Waals surface area (Å²) in [6.45, 7) is 5.86. The van der Waals surface area contributed by atoms with Gasteiger partial charge in [-0.15, -0.1) is 4.72 Å². The number of rotatable bonds is 2. The van der Waals surface area contributed by atoms with E-state index in [9.17, 15) is 4.55 Å². The van der Waals surface area contributed by atoms with Crippen LogP contribution in [0.25, 0.3) is 6.08 Å². The van der Waals surface area contributed by atoms with Crippen molar-refractivity contribution in [2.75, 3.05) is 0 Å². The molecular weight excluding hydrogens is 268 g/mol. The quantitative estimate of drug-likeness (QED) is 0.670. The summed E-state index contributed by atoms with van der Waals surface area (Å²) in [6.07, 6.45) is 6.66. The molecule has 0 fully saturated rings. The monoisotopic (exact) mass is 284 g/mol. The molecule has 5 heteroatoms. The van der Waals surface area contributed by atoms with Gasteiger partial charge in [-0.05, 0) is 44.4 Å². The average Bonchev–Trinajstić information content (AvgIpc) is 2.28. The van der Waals surface area contributed by atoms with Crippen LogP contribution in [0.15, 0.2) is 18.3 Å². The zero-order valence-electron chi connectivity index (χ0n) is 10.7. The zero-order chi connectivity index (χ0) is 13.3. The molecule has 1 heterocycles. The number of fused-ring (bicyclic) bond motifs is 1. The van der Waals surface area contributed by atoms with Gasteiger partial charge < -0.3 is 4.55 Å². The van der Waals surface area contributed by atoms with Crippen LogP contribution >= 0.6 is 11.6 Å². The first-order valence-electron chi connectivity index (χ1n) is 5.88. The first-order chi connectivity index (χ1) is 8.38. The first-order valence-corrected chi connectivity index (χ1v) is 7.41. The molecule has 98 valence electrons. The van der Waals surface area contributed by atoms with Crippen molar-refractivity contribution in [2.45, 2.75) is 38.0 Å². The highest BCUT2D eigenvalue weighted by molar-refractivity contribution is 7.90. The molecule has 1 unspecified atom stereocenters. The van der Waals surface area contributed by atoms with E-state index in [1.807, 2.05) is 32.9 Å². The minimum absolute atomic E-state index is 0.0329. The Labute approximate surface area is 116 Å². The standard InChI is InChI=1S/C13H17ClN2OS/c1-13(2,3)18(17)16-11-6-4-5-9-8-15-12(14)7-10(9)11/h4-5,7-8,11,16H,6H2,1-3H3/t11-,18?/m0/s1. The lowest BCUT2D eigenvalue weighted by Crippen LogP contribution is -2.41. The predicted octanol–water partition coefficient (Wildman–Crippen LogP) is 3.24. The Balaban J connectivity index is 2.22. The van der Waals surface area contributed by atoms with E-state index < -0.39 is 11.4 Å². The minimum atomic E-state index is -1.10. The van der Waals surface area contributed by atoms with Crippen molar-refractivity contribution >= 4 is 29.0 Å². The summed E-state index contributed by atoms with van der Waals surface area (Å²) in [5, 5.41) is 0.470. The summed E-state index contributed by atoms with van der Waals surface area (Å²) in [7, 11) is 0. The summed E-state index contributed by atoms with van der Waals surface area (Å²) >= 11 is 4.83. The summed E-state index contributed by atoms with van der Waals surface area (Å²) in [5.41, 5.74) is 2.10. The molecule has 1 aliphatic rings. The summed E-state index contributed by atoms with van der Waals surface area (Å²) in [5.74, 6) is 0. The van der Waals surface area contributed by atoms with E-state index in [4.69, 9.17) is 11.6 Å². The summed E-state index contributed by atoms with van der Waals surface area (Å²) < 4.78 is 15.1. The van der Waals surface area contributed by atoms with Crippen LogP contribution in [-0.2, 0) is 11.4 Å². The second-order valence-electron chi connectivity index (χ2n) is 5.33. The highest BCUT2D eigenvalue weighted by Crippen LogP contribution is 2.30. The average molecular weight is 285 g/mol. The second kappa shape index (κ2) is 5.21. The smallest absolute Gasteiger partial charge is 0.136 e. The molecule has 0 amide bonds. The van der Waals surface area contributed by atoms with E-state index in [2.05, 4.69) is 15.8 Å². The fraction of sp³-hybridized carbons (Fsp3) is 0.462. The molecule has 1 N–H and O–H groups in total. The number of pyridine rings is 1. The molecule has 2 atom stereocenters. The van der Waals surface area contributed by atoms with Crippen LogP contribution in [0.1, 0.15) is 44.4 Å². The Morgan fingerprint density at radius 2 is 2.22 bits per heavy atom. The Bertz CT molecular complexity index is 471. The topological polar surface area (TPSA) is 48.0 Å². The van der Waals surface area contributed by atoms with Gasteiger partial charge in [0.2, 0.25) is 0 Å². The largest absolute Gasteiger partial charge is 0.598 e. The number of hydrogen-bond acceptors (Lipinski definition) is 3. The van der Waals surface area contributed by atoms with Crippen LogP contribution in [0.4, 0.5) is 0 Å². The van der Waals surface area contributed by atoms with Crippen LogP contribution in [0.2, 0.25) is 5.15 Å². The first kappa shape index (κ1) is 13.9. The van der Waals surface area contributed by atoms with E-state index in [1.54, 1.807) is 6.20 Å². The normalized spacial score (nSPS) is 20.6. The molecule has 0 saturated heterocycles. The molecule has 0 aliphatic heterocycles. The lowest BCUT2D eigenvalue weighted by Gasteiger charge is -2.29. The molecule has 3 nitrogen and oxygen atoms in total. The second-order valence-corrected chi connectivity index (χ2v) is 7.71. The molecule has 0 bridgehead atoms. The molecule has 1 aromatic rings. The molecule has 18 heavy (non-hydrogen) atoms. The van der Waals surface area contributed by atoms with E-state index in [0.717, 1.165) is 17.5 Å². The van der Waals surface area contributed by atoms with Crippen LogP contribution < -0.4 is 4.72 Å². The van der Waals surface area contributed by atoms with Crippen molar-refractivity contribution in [3.8, 4) is 0 Å². The summed E-state index contributed by atoms with van der Waals surface area (Å²) in [4.78, 5) is 4.07. The minimum Gasteiger partial charge on any atom is -0.598 e. The summed E-state index contributed by atoms with van der Waals surface area (Å²) in [6, 6.07) is 1.88. The van der Waals surface area contributed by atoms with E-state index in [0.29, 0.717) is 5.15 Å². The number of nitrogens with one attached hydrogen (secondary N) is 1. The Hall–Kier alpha value is -0.550. The van der Waals surface area contributed by atoms with Gasteiger partial charge in [0.1, 0.15) is 9.90 Å². The molecule has 0 saturated carbocycles. The molecule has 1 aromatic heterocycles. The Morgan fingerprint density at radius 1 is 1.50 bits per heavy atom. The van der Waals surface area contributed by atoms with Crippen molar-refractivity contribution in [1.29, 1.82) is 0 Å². The molecular formula is C13H17ClN2OS. The maximum Gasteiger partial charge on any atom is 0.136 e. The fourth-order valence-corrected chi connectivity index (χ4v) is 2.77. The highest BCUT2D eigenvalue weighted by Gasteiger charge is 2.30. The van der Waals surface area contributed by atoms with Gasteiger partial charge in [-0.2, -0.15) is 0 Å². The van der Waals surface area contributed by atoms with Gasteiger partial charge in [-0.1, -0.05) is 23.8 Å². The number of nitrogens with zero attached hydrogens (tertiary/aromatic N) is 1. The van der Waals surface area contributed by atoms with Gasteiger partial charge in [0.05, 0.1) is 6.04 Å². The van der Waals surface area contributed by atoms with Gasteiger partial charge in [0, 0.05) is 17.6 Å². The number of halogens is 1. The molecule has 0 radical (unpaired) electrons. The lowest BCUT2D eigenvalue weighted by atomic mass is 9.95. The van der Waals surface area contributed by atoms with Crippen LogP contribution in [0, 0.1) is 0 Å². The lowest BCUT2D eigenvalue weighted by molar-refractivity contribution is 0.523. The third kappa shape index (κ3) is 3.06. The molecule has 0 aromatic carbocycles. The number of hydrogen-bond donors (Lipinski definition) is 1. The molecule has 0 spiro atoms. The third-order valence-corrected chi connectivity index (χ3v) is 4.60. The van der Waals surface area contributed by atoms with Gasteiger partial charge in [-0.3, -0.25) is 0 Å². The van der Waals surface area contributed by atoms with E-state index in [1.165, 1.54) is 0 Å². The van der Waals surface area contributed by atoms with Crippen molar-refractivity contribution in [3.05, 3.63) is 34.6 Å². The van der Waals surface area contributed by atoms with E-state index >= 15 is 0 Å². The van der Waals surface area contributed by atoms with Crippen molar-refractivity contribution in [1.82, 2.24) is 9.71 Å². The van der Waals surface area contributed by atoms with Crippen LogP contribution in [0.3, 0.4) is 0 Å². The third-order valence-electron chi connectivity index (χ3n) is 2.78. The van der Waals surface area contributed by atoms with Crippen molar-refractivity contribution in [2.24, 2.45) is 0 Å². The SMILES string of the molecule is CC(C)(C)[S+]([O-])N[C@H]1CC=Cc2cnc(Cl)cc21. The maximum absolute atomic E-state index is 12.2. The molecule has 1 aliphatic carbocycles. The van der Waals surface area contributed by atoms with Gasteiger partial charge in [-0.25, -0.2) is 4.98 Å². The number of aromatic nitrogens is 1. The van der Waals surface area contributed by atoms with E-state index in [-0.39, 0.29) is 10.8 Å². The van der Waals surface area contributed by atoms with Gasteiger partial charge in [0.25, 0.3) is 0 Å². The van der Waals surface area contributed by atoms with Crippen LogP contribution in [0.5, 0.6) is 0 Å². The molecule has 2 rings (SSSR count). The van der Waals surface area contributed by atoms with Gasteiger partial charge in [0.15, 0.2) is 0 Å². The Morgan fingerprint density at radius 3 is 2.89 bits per heavy atom. The predicted molar refractivity (Wildman–Crippen MR) is 76.7 cm³/mol. The Kier molecular flexibility index (Phi) is 4.02. The zero-order valence-corrected chi connectivity index (χ0v) is 12.3. The fourth-order valence-electron chi connectivity index (χ4n) is 1.77. The maximum atomic E-state index is 12.2. The van der Waals surface area contributed by atoms with Crippen LogP contribution in [-0.4, -0.2) is 14.3 Å². The van der Waals surface area contributed by atoms with Crippen molar-refractivity contribution in [3.63, 3.8) is 0 Å². The highest BCUT2D eigenvalue weighted by atomic mass is 35.5. The van der Waals surface area contributed by atoms with Crippen molar-refractivity contribution < 1.29 is 4.55 Å². The van der Waals surface area contributed by atoms with Gasteiger partial charge >= 0.3 is 0 Å².